The zero-order chi connectivity index (χ0) is 20.4. The van der Waals surface area contributed by atoms with E-state index in [1.807, 2.05) is 0 Å². The summed E-state index contributed by atoms with van der Waals surface area (Å²) < 4.78 is 0. The number of hydrogen-bond donors (Lipinski definition) is 0. The highest BCUT2D eigenvalue weighted by Gasteiger charge is 2.47. The molecule has 0 nitrogen and oxygen atoms in total. The second-order valence-electron chi connectivity index (χ2n) is 12.2. The van der Waals surface area contributed by atoms with E-state index in [9.17, 15) is 0 Å². The highest BCUT2D eigenvalue weighted by atomic mass is 14.5. The van der Waals surface area contributed by atoms with E-state index in [2.05, 4.69) is 106 Å². The first-order chi connectivity index (χ1) is 11.6. The maximum atomic E-state index is 2.52. The molecule has 0 aliphatic rings. The topological polar surface area (TPSA) is 0 Å². The number of benzene rings is 1. The second-order valence-corrected chi connectivity index (χ2v) is 12.2. The van der Waals surface area contributed by atoms with Gasteiger partial charge in [-0.3, -0.25) is 0 Å². The molecular weight excluding hydrogens is 312 g/mol. The van der Waals surface area contributed by atoms with Crippen LogP contribution in [0.15, 0.2) is 30.3 Å². The van der Waals surface area contributed by atoms with Crippen LogP contribution in [-0.4, -0.2) is 0 Å². The van der Waals surface area contributed by atoms with Gasteiger partial charge in [0.1, 0.15) is 0 Å². The average Bonchev–Trinajstić information content (AvgIpc) is 2.49. The van der Waals surface area contributed by atoms with Gasteiger partial charge >= 0.3 is 0 Å². The third kappa shape index (κ3) is 6.14. The minimum atomic E-state index is 0.221. The molecule has 2 unspecified atom stereocenters. The van der Waals surface area contributed by atoms with Gasteiger partial charge in [0, 0.05) is 0 Å². The monoisotopic (exact) mass is 358 g/mol. The van der Waals surface area contributed by atoms with E-state index in [4.69, 9.17) is 0 Å². The summed E-state index contributed by atoms with van der Waals surface area (Å²) in [5, 5.41) is 0. The van der Waals surface area contributed by atoms with Gasteiger partial charge in [0.15, 0.2) is 0 Å². The minimum absolute atomic E-state index is 0.221. The van der Waals surface area contributed by atoms with Crippen molar-refractivity contribution in [3.63, 3.8) is 0 Å². The van der Waals surface area contributed by atoms with Gasteiger partial charge in [0.05, 0.1) is 0 Å². The lowest BCUT2D eigenvalue weighted by Crippen LogP contribution is -2.43. The fraction of sp³-hybridized carbons (Fsp3) is 0.769. The van der Waals surface area contributed by atoms with Crippen LogP contribution in [0.1, 0.15) is 107 Å². The van der Waals surface area contributed by atoms with Crippen LogP contribution in [0.4, 0.5) is 0 Å². The smallest absolute Gasteiger partial charge is 0.0100 e. The highest BCUT2D eigenvalue weighted by molar-refractivity contribution is 5.23. The SMILES string of the molecule is CC(CCC(C)(C)C)C(C)(C)C(C)(C)C(CC(C)(C)C)c1ccccc1. The van der Waals surface area contributed by atoms with E-state index in [1.54, 1.807) is 0 Å². The highest BCUT2D eigenvalue weighted by Crippen LogP contribution is 2.56. The van der Waals surface area contributed by atoms with Crippen LogP contribution >= 0.6 is 0 Å². The van der Waals surface area contributed by atoms with Crippen LogP contribution in [0.3, 0.4) is 0 Å². The largest absolute Gasteiger partial charge is 0.0622 e. The maximum Gasteiger partial charge on any atom is -0.0100 e. The lowest BCUT2D eigenvalue weighted by atomic mass is 9.52. The molecule has 2 atom stereocenters. The van der Waals surface area contributed by atoms with Crippen LogP contribution in [-0.2, 0) is 0 Å². The normalized spacial score (nSPS) is 16.4. The zero-order valence-corrected chi connectivity index (χ0v) is 19.7. The first-order valence-corrected chi connectivity index (χ1v) is 10.6. The van der Waals surface area contributed by atoms with Crippen molar-refractivity contribution >= 4 is 0 Å². The average molecular weight is 359 g/mol. The molecule has 0 aromatic heterocycles. The summed E-state index contributed by atoms with van der Waals surface area (Å²) in [7, 11) is 0. The van der Waals surface area contributed by atoms with Gasteiger partial charge in [0.2, 0.25) is 0 Å². The molecule has 0 heterocycles. The molecule has 26 heavy (non-hydrogen) atoms. The molecule has 0 radical (unpaired) electrons. The molecule has 150 valence electrons. The fourth-order valence-corrected chi connectivity index (χ4v) is 4.18. The van der Waals surface area contributed by atoms with Gasteiger partial charge < -0.3 is 0 Å². The van der Waals surface area contributed by atoms with Gasteiger partial charge in [0.25, 0.3) is 0 Å². The quantitative estimate of drug-likeness (QED) is 0.457. The van der Waals surface area contributed by atoms with Crippen LogP contribution in [0.5, 0.6) is 0 Å². The van der Waals surface area contributed by atoms with Crippen LogP contribution < -0.4 is 0 Å². The molecule has 0 saturated carbocycles. The lowest BCUT2D eigenvalue weighted by Gasteiger charge is -2.52. The fourth-order valence-electron chi connectivity index (χ4n) is 4.18. The van der Waals surface area contributed by atoms with Gasteiger partial charge in [-0.05, 0) is 58.3 Å². The third-order valence-corrected chi connectivity index (χ3v) is 7.11. The number of hydrogen-bond acceptors (Lipinski definition) is 0. The molecule has 0 fully saturated rings. The number of rotatable bonds is 7. The summed E-state index contributed by atoms with van der Waals surface area (Å²) >= 11 is 0. The van der Waals surface area contributed by atoms with Crippen LogP contribution in [0.25, 0.3) is 0 Å². The van der Waals surface area contributed by atoms with E-state index in [0.717, 1.165) is 0 Å². The minimum Gasteiger partial charge on any atom is -0.0622 e. The first-order valence-electron chi connectivity index (χ1n) is 10.6. The van der Waals surface area contributed by atoms with Crippen molar-refractivity contribution < 1.29 is 0 Å². The molecule has 0 aliphatic carbocycles. The van der Waals surface area contributed by atoms with Crippen LogP contribution in [0, 0.1) is 27.6 Å². The van der Waals surface area contributed by atoms with Gasteiger partial charge in [-0.15, -0.1) is 0 Å². The lowest BCUT2D eigenvalue weighted by molar-refractivity contribution is 0.00274. The van der Waals surface area contributed by atoms with Crippen molar-refractivity contribution in [2.24, 2.45) is 27.6 Å². The van der Waals surface area contributed by atoms with E-state index in [1.165, 1.54) is 24.8 Å². The Bertz CT molecular complexity index is 534. The molecule has 0 aliphatic heterocycles. The van der Waals surface area contributed by atoms with E-state index in [0.29, 0.717) is 22.7 Å². The standard InChI is InChI=1S/C26H46/c1-20(17-18-23(2,3)4)25(8,9)26(10,11)22(19-24(5,6)7)21-15-13-12-14-16-21/h12-16,20,22H,17-19H2,1-11H3. The second kappa shape index (κ2) is 8.07. The van der Waals surface area contributed by atoms with E-state index < -0.39 is 0 Å². The van der Waals surface area contributed by atoms with E-state index in [-0.39, 0.29) is 10.8 Å². The van der Waals surface area contributed by atoms with Gasteiger partial charge in [-0.1, -0.05) is 106 Å². The molecule has 0 amide bonds. The van der Waals surface area contributed by atoms with Gasteiger partial charge in [-0.2, -0.15) is 0 Å². The van der Waals surface area contributed by atoms with Crippen molar-refractivity contribution in [3.8, 4) is 0 Å². The summed E-state index contributed by atoms with van der Waals surface area (Å²) in [6.45, 7) is 26.8. The molecular formula is C26H46. The predicted octanol–water partition coefficient (Wildman–Crippen LogP) is 8.72. The predicted molar refractivity (Wildman–Crippen MR) is 119 cm³/mol. The Kier molecular flexibility index (Phi) is 7.22. The Morgan fingerprint density at radius 1 is 0.692 bits per heavy atom. The molecule has 0 saturated heterocycles. The molecule has 1 aromatic carbocycles. The van der Waals surface area contributed by atoms with Crippen LogP contribution in [0.2, 0.25) is 0 Å². The Morgan fingerprint density at radius 3 is 1.62 bits per heavy atom. The maximum absolute atomic E-state index is 2.52. The molecule has 0 N–H and O–H groups in total. The van der Waals surface area contributed by atoms with Crippen molar-refractivity contribution in [2.75, 3.05) is 0 Å². The summed E-state index contributed by atoms with van der Waals surface area (Å²) in [5.41, 5.74) is 2.73. The molecule has 1 rings (SSSR count). The zero-order valence-electron chi connectivity index (χ0n) is 19.7. The summed E-state index contributed by atoms with van der Waals surface area (Å²) in [5.74, 6) is 1.26. The van der Waals surface area contributed by atoms with Crippen molar-refractivity contribution in [1.29, 1.82) is 0 Å². The molecule has 1 aromatic rings. The summed E-state index contributed by atoms with van der Waals surface area (Å²) in [6.07, 6.45) is 3.82. The van der Waals surface area contributed by atoms with Gasteiger partial charge in [-0.25, -0.2) is 0 Å². The van der Waals surface area contributed by atoms with Crippen molar-refractivity contribution in [3.05, 3.63) is 35.9 Å². The van der Waals surface area contributed by atoms with Crippen molar-refractivity contribution in [1.82, 2.24) is 0 Å². The Labute approximate surface area is 165 Å². The Morgan fingerprint density at radius 2 is 1.19 bits per heavy atom. The first kappa shape index (κ1) is 23.3. The Balaban J connectivity index is 3.20. The van der Waals surface area contributed by atoms with Crippen molar-refractivity contribution in [2.45, 2.75) is 101 Å². The molecule has 0 heteroatoms. The van der Waals surface area contributed by atoms with E-state index >= 15 is 0 Å². The molecule has 0 spiro atoms. The Hall–Kier alpha value is -0.780. The summed E-state index contributed by atoms with van der Waals surface area (Å²) in [6, 6.07) is 11.2. The summed E-state index contributed by atoms with van der Waals surface area (Å²) in [4.78, 5) is 0. The third-order valence-electron chi connectivity index (χ3n) is 7.11. The molecule has 0 bridgehead atoms.